The van der Waals surface area contributed by atoms with Crippen molar-refractivity contribution in [1.29, 1.82) is 0 Å². The van der Waals surface area contributed by atoms with Gasteiger partial charge >= 0.3 is 12.5 Å². The standard InChI is InChI=1S/C17H14F6N2O2/c1-25(2)11-5-8-14(13(9-11)16(18,19)20)24-15(26)10-3-6-12(7-4-10)27-17(21,22)23/h3-9H,1-2H3,(H,24,26). The molecule has 2 aromatic rings. The zero-order chi connectivity index (χ0) is 20.4. The number of benzene rings is 2. The molecule has 0 aliphatic rings. The van der Waals surface area contributed by atoms with Gasteiger partial charge in [-0.25, -0.2) is 0 Å². The smallest absolute Gasteiger partial charge is 0.406 e. The van der Waals surface area contributed by atoms with Crippen LogP contribution in [0, 0.1) is 0 Å². The first kappa shape index (κ1) is 20.4. The maximum Gasteiger partial charge on any atom is 0.573 e. The molecule has 0 heterocycles. The number of ether oxygens (including phenoxy) is 1. The second-order valence-corrected chi connectivity index (χ2v) is 5.65. The van der Waals surface area contributed by atoms with Crippen LogP contribution in [0.5, 0.6) is 5.75 Å². The molecule has 0 aromatic heterocycles. The summed E-state index contributed by atoms with van der Waals surface area (Å²) in [5, 5.41) is 2.13. The topological polar surface area (TPSA) is 41.6 Å². The first-order chi connectivity index (χ1) is 12.4. The number of nitrogens with one attached hydrogen (secondary N) is 1. The van der Waals surface area contributed by atoms with Crippen molar-refractivity contribution >= 4 is 17.3 Å². The number of carbonyl (C=O) groups excluding carboxylic acids is 1. The lowest BCUT2D eigenvalue weighted by Gasteiger charge is -2.18. The Bertz CT molecular complexity index is 814. The third-order valence-corrected chi connectivity index (χ3v) is 3.42. The van der Waals surface area contributed by atoms with Gasteiger partial charge in [-0.3, -0.25) is 4.79 Å². The van der Waals surface area contributed by atoms with Crippen LogP contribution < -0.4 is 15.0 Å². The monoisotopic (exact) mass is 392 g/mol. The van der Waals surface area contributed by atoms with Crippen LogP contribution in [-0.4, -0.2) is 26.4 Å². The maximum atomic E-state index is 13.3. The van der Waals surface area contributed by atoms with Crippen LogP contribution in [0.4, 0.5) is 37.7 Å². The normalized spacial score (nSPS) is 11.9. The van der Waals surface area contributed by atoms with Gasteiger partial charge in [0.1, 0.15) is 5.75 Å². The van der Waals surface area contributed by atoms with Gasteiger partial charge in [0, 0.05) is 25.3 Å². The predicted octanol–water partition coefficient (Wildman–Crippen LogP) is 4.92. The van der Waals surface area contributed by atoms with E-state index < -0.39 is 35.4 Å². The van der Waals surface area contributed by atoms with Crippen LogP contribution >= 0.6 is 0 Å². The number of nitrogens with zero attached hydrogens (tertiary/aromatic N) is 1. The van der Waals surface area contributed by atoms with E-state index in [1.54, 1.807) is 14.1 Å². The quantitative estimate of drug-likeness (QED) is 0.751. The van der Waals surface area contributed by atoms with Crippen molar-refractivity contribution in [2.24, 2.45) is 0 Å². The first-order valence-electron chi connectivity index (χ1n) is 7.42. The van der Waals surface area contributed by atoms with E-state index in [9.17, 15) is 31.1 Å². The lowest BCUT2D eigenvalue weighted by molar-refractivity contribution is -0.274. The molecule has 0 unspecified atom stereocenters. The summed E-state index contributed by atoms with van der Waals surface area (Å²) in [4.78, 5) is 13.6. The van der Waals surface area contributed by atoms with Gasteiger partial charge < -0.3 is 15.0 Å². The molecule has 146 valence electrons. The number of amides is 1. The number of alkyl halides is 6. The molecule has 0 radical (unpaired) electrons. The van der Waals surface area contributed by atoms with Crippen molar-refractivity contribution < 1.29 is 35.9 Å². The number of carbonyl (C=O) groups is 1. The minimum atomic E-state index is -4.89. The van der Waals surface area contributed by atoms with Crippen molar-refractivity contribution in [3.05, 3.63) is 53.6 Å². The molecule has 0 aliphatic heterocycles. The Kier molecular flexibility index (Phi) is 5.57. The third kappa shape index (κ3) is 5.53. The lowest BCUT2D eigenvalue weighted by Crippen LogP contribution is -2.19. The number of halogens is 6. The number of hydrogen-bond acceptors (Lipinski definition) is 3. The highest BCUT2D eigenvalue weighted by Gasteiger charge is 2.34. The summed E-state index contributed by atoms with van der Waals surface area (Å²) in [5.74, 6) is -1.46. The van der Waals surface area contributed by atoms with Gasteiger partial charge in [0.15, 0.2) is 0 Å². The summed E-state index contributed by atoms with van der Waals surface area (Å²) < 4.78 is 79.8. The van der Waals surface area contributed by atoms with Gasteiger partial charge in [0.2, 0.25) is 0 Å². The third-order valence-electron chi connectivity index (χ3n) is 3.42. The molecule has 0 saturated heterocycles. The first-order valence-corrected chi connectivity index (χ1v) is 7.42. The number of hydrogen-bond donors (Lipinski definition) is 1. The molecule has 0 spiro atoms. The SMILES string of the molecule is CN(C)c1ccc(NC(=O)c2ccc(OC(F)(F)F)cc2)c(C(F)(F)F)c1. The second-order valence-electron chi connectivity index (χ2n) is 5.65. The van der Waals surface area contributed by atoms with Crippen molar-refractivity contribution in [2.45, 2.75) is 12.5 Å². The average molecular weight is 392 g/mol. The van der Waals surface area contributed by atoms with E-state index in [2.05, 4.69) is 10.1 Å². The van der Waals surface area contributed by atoms with Gasteiger partial charge in [0.25, 0.3) is 5.91 Å². The summed E-state index contributed by atoms with van der Waals surface area (Å²) in [5.41, 5.74) is -1.35. The van der Waals surface area contributed by atoms with Crippen molar-refractivity contribution in [3.63, 3.8) is 0 Å². The van der Waals surface area contributed by atoms with Gasteiger partial charge in [-0.05, 0) is 42.5 Å². The molecule has 0 saturated carbocycles. The van der Waals surface area contributed by atoms with Crippen LogP contribution in [0.2, 0.25) is 0 Å². The molecule has 0 atom stereocenters. The Balaban J connectivity index is 2.25. The highest BCUT2D eigenvalue weighted by molar-refractivity contribution is 6.04. The largest absolute Gasteiger partial charge is 0.573 e. The van der Waals surface area contributed by atoms with Crippen LogP contribution in [0.15, 0.2) is 42.5 Å². The Morgan fingerprint density at radius 2 is 1.56 bits per heavy atom. The minimum Gasteiger partial charge on any atom is -0.406 e. The predicted molar refractivity (Wildman–Crippen MR) is 86.8 cm³/mol. The molecular weight excluding hydrogens is 378 g/mol. The molecular formula is C17H14F6N2O2. The molecule has 1 amide bonds. The Hall–Kier alpha value is -2.91. The fourth-order valence-electron chi connectivity index (χ4n) is 2.16. The van der Waals surface area contributed by atoms with Crippen LogP contribution in [-0.2, 0) is 6.18 Å². The summed E-state index contributed by atoms with van der Waals surface area (Å²) in [7, 11) is 3.14. The molecule has 10 heteroatoms. The second kappa shape index (κ2) is 7.37. The van der Waals surface area contributed by atoms with E-state index >= 15 is 0 Å². The fraction of sp³-hybridized carbons (Fsp3) is 0.235. The fourth-order valence-corrected chi connectivity index (χ4v) is 2.16. The van der Waals surface area contributed by atoms with Gasteiger partial charge in [-0.1, -0.05) is 0 Å². The summed E-state index contributed by atoms with van der Waals surface area (Å²) in [6, 6.07) is 7.19. The molecule has 1 N–H and O–H groups in total. The summed E-state index contributed by atoms with van der Waals surface area (Å²) in [6.45, 7) is 0. The molecule has 0 bridgehead atoms. The van der Waals surface area contributed by atoms with Crippen LogP contribution in [0.3, 0.4) is 0 Å². The molecule has 2 aromatic carbocycles. The highest BCUT2D eigenvalue weighted by Crippen LogP contribution is 2.37. The van der Waals surface area contributed by atoms with E-state index in [-0.39, 0.29) is 11.3 Å². The number of rotatable bonds is 4. The number of anilines is 2. The van der Waals surface area contributed by atoms with Gasteiger partial charge in [-0.2, -0.15) is 13.2 Å². The maximum absolute atomic E-state index is 13.3. The summed E-state index contributed by atoms with van der Waals surface area (Å²) in [6.07, 6.45) is -9.60. The Labute approximate surface area is 150 Å². The minimum absolute atomic E-state index is 0.130. The van der Waals surface area contributed by atoms with Gasteiger partial charge in [0.05, 0.1) is 11.3 Å². The average Bonchev–Trinajstić information content (AvgIpc) is 2.53. The molecule has 4 nitrogen and oxygen atoms in total. The van der Waals surface area contributed by atoms with E-state index in [1.165, 1.54) is 11.0 Å². The van der Waals surface area contributed by atoms with E-state index in [0.717, 1.165) is 36.4 Å². The van der Waals surface area contributed by atoms with E-state index in [1.807, 2.05) is 0 Å². The van der Waals surface area contributed by atoms with Crippen LogP contribution in [0.1, 0.15) is 15.9 Å². The lowest BCUT2D eigenvalue weighted by atomic mass is 10.1. The zero-order valence-corrected chi connectivity index (χ0v) is 14.1. The Morgan fingerprint density at radius 1 is 0.963 bits per heavy atom. The van der Waals surface area contributed by atoms with Crippen LogP contribution in [0.25, 0.3) is 0 Å². The highest BCUT2D eigenvalue weighted by atomic mass is 19.4. The zero-order valence-electron chi connectivity index (χ0n) is 14.1. The van der Waals surface area contributed by atoms with Gasteiger partial charge in [-0.15, -0.1) is 13.2 Å². The van der Waals surface area contributed by atoms with E-state index in [4.69, 9.17) is 0 Å². The molecule has 0 aliphatic carbocycles. The molecule has 2 rings (SSSR count). The van der Waals surface area contributed by atoms with Crippen molar-refractivity contribution in [1.82, 2.24) is 0 Å². The molecule has 27 heavy (non-hydrogen) atoms. The van der Waals surface area contributed by atoms with Crippen molar-refractivity contribution in [2.75, 3.05) is 24.3 Å². The summed E-state index contributed by atoms with van der Waals surface area (Å²) >= 11 is 0. The van der Waals surface area contributed by atoms with E-state index in [0.29, 0.717) is 0 Å². The van der Waals surface area contributed by atoms with Crippen molar-refractivity contribution in [3.8, 4) is 5.75 Å². The Morgan fingerprint density at radius 3 is 2.04 bits per heavy atom. The molecule has 0 fully saturated rings.